The minimum absolute atomic E-state index is 0.126. The Morgan fingerprint density at radius 3 is 2.43 bits per heavy atom. The van der Waals surface area contributed by atoms with Crippen molar-refractivity contribution in [3.05, 3.63) is 29.6 Å². The first kappa shape index (κ1) is 18.1. The second-order valence-corrected chi connectivity index (χ2v) is 7.64. The van der Waals surface area contributed by atoms with Crippen LogP contribution in [0.25, 0.3) is 0 Å². The van der Waals surface area contributed by atoms with E-state index in [1.807, 2.05) is 27.7 Å². The maximum atomic E-state index is 13.7. The average molecular weight is 316 g/mol. The van der Waals surface area contributed by atoms with E-state index < -0.39 is 21.4 Å². The van der Waals surface area contributed by atoms with Gasteiger partial charge in [0.1, 0.15) is 5.82 Å². The van der Waals surface area contributed by atoms with Crippen LogP contribution in [0.2, 0.25) is 0 Å². The molecule has 1 N–H and O–H groups in total. The summed E-state index contributed by atoms with van der Waals surface area (Å²) in [5.41, 5.74) is -0.129. The molecular formula is C15H25FN2O2S. The third-order valence-corrected chi connectivity index (χ3v) is 6.02. The van der Waals surface area contributed by atoms with E-state index in [9.17, 15) is 12.8 Å². The van der Waals surface area contributed by atoms with Crippen LogP contribution < -0.4 is 5.32 Å². The Morgan fingerprint density at radius 2 is 1.90 bits per heavy atom. The van der Waals surface area contributed by atoms with Gasteiger partial charge in [-0.3, -0.25) is 0 Å². The molecule has 0 saturated heterocycles. The van der Waals surface area contributed by atoms with E-state index in [4.69, 9.17) is 0 Å². The zero-order valence-electron chi connectivity index (χ0n) is 13.4. The highest BCUT2D eigenvalue weighted by atomic mass is 32.2. The van der Waals surface area contributed by atoms with Crippen LogP contribution >= 0.6 is 0 Å². The molecule has 1 aromatic rings. The van der Waals surface area contributed by atoms with Crippen molar-refractivity contribution in [1.82, 2.24) is 9.62 Å². The summed E-state index contributed by atoms with van der Waals surface area (Å²) in [5.74, 6) is -0.396. The van der Waals surface area contributed by atoms with Gasteiger partial charge in [-0.15, -0.1) is 0 Å². The number of nitrogens with zero attached hydrogens (tertiary/aromatic N) is 1. The van der Waals surface area contributed by atoms with Crippen molar-refractivity contribution in [3.8, 4) is 0 Å². The Balaban J connectivity index is 3.20. The molecule has 6 heteroatoms. The minimum Gasteiger partial charge on any atom is -0.313 e. The molecule has 0 aliphatic rings. The van der Waals surface area contributed by atoms with E-state index in [0.29, 0.717) is 25.1 Å². The lowest BCUT2D eigenvalue weighted by Gasteiger charge is -2.33. The van der Waals surface area contributed by atoms with Crippen molar-refractivity contribution in [2.45, 2.75) is 51.1 Å². The predicted octanol–water partition coefficient (Wildman–Crippen LogP) is 2.74. The fourth-order valence-electron chi connectivity index (χ4n) is 1.81. The highest BCUT2D eigenvalue weighted by molar-refractivity contribution is 7.89. The molecule has 0 aliphatic carbocycles. The third kappa shape index (κ3) is 4.02. The van der Waals surface area contributed by atoms with Crippen molar-refractivity contribution in [3.63, 3.8) is 0 Å². The van der Waals surface area contributed by atoms with Crippen LogP contribution in [0, 0.1) is 5.82 Å². The van der Waals surface area contributed by atoms with Gasteiger partial charge >= 0.3 is 0 Å². The molecule has 0 amide bonds. The molecule has 0 bridgehead atoms. The molecule has 1 rings (SSSR count). The third-order valence-electron chi connectivity index (χ3n) is 3.96. The fraction of sp³-hybridized carbons (Fsp3) is 0.600. The summed E-state index contributed by atoms with van der Waals surface area (Å²) < 4.78 is 40.4. The lowest BCUT2D eigenvalue weighted by Crippen LogP contribution is -2.44. The predicted molar refractivity (Wildman–Crippen MR) is 83.1 cm³/mol. The highest BCUT2D eigenvalue weighted by Gasteiger charge is 2.32. The molecule has 1 aromatic carbocycles. The largest absolute Gasteiger partial charge is 0.313 e. The van der Waals surface area contributed by atoms with Gasteiger partial charge in [0.15, 0.2) is 0 Å². The molecule has 0 aromatic heterocycles. The van der Waals surface area contributed by atoms with E-state index in [0.717, 1.165) is 0 Å². The van der Waals surface area contributed by atoms with Crippen molar-refractivity contribution in [1.29, 1.82) is 0 Å². The lowest BCUT2D eigenvalue weighted by atomic mass is 10.0. The number of hydrogen-bond donors (Lipinski definition) is 1. The molecule has 21 heavy (non-hydrogen) atoms. The van der Waals surface area contributed by atoms with Crippen molar-refractivity contribution < 1.29 is 12.8 Å². The second-order valence-electron chi connectivity index (χ2n) is 5.67. The van der Waals surface area contributed by atoms with E-state index in [1.54, 1.807) is 7.05 Å². The van der Waals surface area contributed by atoms with Crippen LogP contribution in [0.5, 0.6) is 0 Å². The molecule has 0 unspecified atom stereocenters. The van der Waals surface area contributed by atoms with Crippen molar-refractivity contribution >= 4 is 10.0 Å². The first-order valence-electron chi connectivity index (χ1n) is 7.15. The van der Waals surface area contributed by atoms with Crippen LogP contribution in [0.3, 0.4) is 0 Å². The van der Waals surface area contributed by atoms with Crippen LogP contribution in [-0.4, -0.2) is 31.9 Å². The normalized spacial score (nSPS) is 12.9. The fourth-order valence-corrected chi connectivity index (χ4v) is 3.44. The molecule has 120 valence electrons. The average Bonchev–Trinajstić information content (AvgIpc) is 2.45. The Labute approximate surface area is 127 Å². The van der Waals surface area contributed by atoms with Crippen molar-refractivity contribution in [2.24, 2.45) is 0 Å². The topological polar surface area (TPSA) is 49.4 Å². The first-order chi connectivity index (χ1) is 9.66. The molecule has 0 radical (unpaired) electrons. The van der Waals surface area contributed by atoms with Crippen LogP contribution in [0.4, 0.5) is 4.39 Å². The quantitative estimate of drug-likeness (QED) is 0.841. The van der Waals surface area contributed by atoms with Gasteiger partial charge in [-0.2, -0.15) is 4.31 Å². The molecular weight excluding hydrogens is 291 g/mol. The monoisotopic (exact) mass is 316 g/mol. The Bertz CT molecular complexity index is 585. The van der Waals surface area contributed by atoms with Gasteiger partial charge < -0.3 is 5.32 Å². The molecule has 0 aliphatic heterocycles. The summed E-state index contributed by atoms with van der Waals surface area (Å²) in [6, 6.07) is 3.95. The van der Waals surface area contributed by atoms with E-state index >= 15 is 0 Å². The summed E-state index contributed by atoms with van der Waals surface area (Å²) in [6.07, 6.45) is 0.689. The molecule has 0 heterocycles. The Hall–Kier alpha value is -0.980. The minimum atomic E-state index is -3.63. The van der Waals surface area contributed by atoms with Gasteiger partial charge in [-0.05, 0) is 45.0 Å². The van der Waals surface area contributed by atoms with Crippen LogP contribution in [-0.2, 0) is 16.6 Å². The number of nitrogens with one attached hydrogen (secondary N) is 1. The highest BCUT2D eigenvalue weighted by Crippen LogP contribution is 2.26. The van der Waals surface area contributed by atoms with Gasteiger partial charge in [-0.25, -0.2) is 12.8 Å². The van der Waals surface area contributed by atoms with Gasteiger partial charge in [-0.1, -0.05) is 13.8 Å². The maximum Gasteiger partial charge on any atom is 0.243 e. The first-order valence-corrected chi connectivity index (χ1v) is 8.59. The van der Waals surface area contributed by atoms with E-state index in [-0.39, 0.29) is 4.90 Å². The summed E-state index contributed by atoms with van der Waals surface area (Å²) in [7, 11) is -2.07. The van der Waals surface area contributed by atoms with E-state index in [1.165, 1.54) is 22.5 Å². The lowest BCUT2D eigenvalue weighted by molar-refractivity contribution is 0.257. The van der Waals surface area contributed by atoms with Crippen LogP contribution in [0.1, 0.15) is 39.7 Å². The summed E-state index contributed by atoms with van der Waals surface area (Å²) in [6.45, 7) is 8.59. The van der Waals surface area contributed by atoms with Gasteiger partial charge in [0.2, 0.25) is 10.0 Å². The number of hydrogen-bond acceptors (Lipinski definition) is 3. The van der Waals surface area contributed by atoms with E-state index in [2.05, 4.69) is 5.32 Å². The van der Waals surface area contributed by atoms with Gasteiger partial charge in [0.25, 0.3) is 0 Å². The summed E-state index contributed by atoms with van der Waals surface area (Å²) >= 11 is 0. The molecule has 0 spiro atoms. The number of benzene rings is 1. The molecule has 0 saturated carbocycles. The summed E-state index contributed by atoms with van der Waals surface area (Å²) in [4.78, 5) is 0.126. The zero-order chi connectivity index (χ0) is 16.3. The Morgan fingerprint density at radius 1 is 1.29 bits per heavy atom. The number of halogens is 1. The smallest absolute Gasteiger partial charge is 0.243 e. The summed E-state index contributed by atoms with van der Waals surface area (Å²) in [5, 5.41) is 3.01. The number of rotatable bonds is 7. The van der Waals surface area contributed by atoms with Gasteiger partial charge in [0, 0.05) is 24.7 Å². The van der Waals surface area contributed by atoms with Crippen LogP contribution in [0.15, 0.2) is 23.1 Å². The van der Waals surface area contributed by atoms with Crippen molar-refractivity contribution in [2.75, 3.05) is 13.6 Å². The SMILES string of the molecule is CCNCc1cc(S(=O)(=O)N(C)C(C)(C)CC)ccc1F. The zero-order valence-corrected chi connectivity index (χ0v) is 14.2. The molecule has 0 atom stereocenters. The Kier molecular flexibility index (Phi) is 5.90. The van der Waals surface area contributed by atoms with Gasteiger partial charge in [0.05, 0.1) is 4.90 Å². The second kappa shape index (κ2) is 6.85. The molecule has 4 nitrogen and oxygen atoms in total. The molecule has 0 fully saturated rings. The number of sulfonamides is 1. The standard InChI is InChI=1S/C15H25FN2O2S/c1-6-15(3,4)18(5)21(19,20)13-8-9-14(16)12(10-13)11-17-7-2/h8-10,17H,6-7,11H2,1-5H3. The maximum absolute atomic E-state index is 13.7.